The van der Waals surface area contributed by atoms with Gasteiger partial charge in [-0.3, -0.25) is 4.79 Å². The first-order chi connectivity index (χ1) is 8.75. The van der Waals surface area contributed by atoms with Crippen LogP contribution < -0.4 is 0 Å². The van der Waals surface area contributed by atoms with Crippen LogP contribution in [0.4, 0.5) is 0 Å². The monoisotopic (exact) mass is 249 g/mol. The zero-order chi connectivity index (χ0) is 12.5. The fourth-order valence-electron chi connectivity index (χ4n) is 4.63. The van der Waals surface area contributed by atoms with Gasteiger partial charge < -0.3 is 4.90 Å². The van der Waals surface area contributed by atoms with Crippen molar-refractivity contribution >= 4 is 5.91 Å². The van der Waals surface area contributed by atoms with E-state index in [4.69, 9.17) is 0 Å². The van der Waals surface area contributed by atoms with Gasteiger partial charge in [-0.2, -0.15) is 0 Å². The second-order valence-electron chi connectivity index (χ2n) is 6.88. The van der Waals surface area contributed by atoms with Gasteiger partial charge >= 0.3 is 0 Å². The maximum Gasteiger partial charge on any atom is 0.225 e. The topological polar surface area (TPSA) is 20.3 Å². The van der Waals surface area contributed by atoms with Crippen LogP contribution in [0, 0.1) is 17.8 Å². The lowest BCUT2D eigenvalue weighted by Crippen LogP contribution is -2.42. The molecule has 0 radical (unpaired) electrons. The number of hydrogen-bond donors (Lipinski definition) is 0. The summed E-state index contributed by atoms with van der Waals surface area (Å²) in [6.07, 6.45) is 13.1. The van der Waals surface area contributed by atoms with Crippen LogP contribution in [0.25, 0.3) is 0 Å². The van der Waals surface area contributed by atoms with Crippen LogP contribution >= 0.6 is 0 Å². The van der Waals surface area contributed by atoms with Crippen molar-refractivity contribution in [2.45, 2.75) is 70.3 Å². The molecule has 3 atom stereocenters. The summed E-state index contributed by atoms with van der Waals surface area (Å²) in [6.45, 7) is 0. The summed E-state index contributed by atoms with van der Waals surface area (Å²) in [6, 6.07) is 0.541. The van der Waals surface area contributed by atoms with Crippen molar-refractivity contribution in [3.8, 4) is 0 Å². The molecule has 3 fully saturated rings. The molecule has 0 aromatic carbocycles. The molecule has 2 nitrogen and oxygen atoms in total. The Labute approximate surface area is 111 Å². The van der Waals surface area contributed by atoms with Gasteiger partial charge in [0.1, 0.15) is 0 Å². The number of rotatable bonds is 2. The number of fused-ring (bicyclic) bond motifs is 2. The van der Waals surface area contributed by atoms with Crippen molar-refractivity contribution < 1.29 is 4.79 Å². The van der Waals surface area contributed by atoms with Crippen molar-refractivity contribution in [1.82, 2.24) is 4.90 Å². The average molecular weight is 249 g/mol. The summed E-state index contributed by atoms with van der Waals surface area (Å²) in [5.41, 5.74) is 0. The Hall–Kier alpha value is -0.530. The molecular weight excluding hydrogens is 222 g/mol. The lowest BCUT2D eigenvalue weighted by molar-refractivity contribution is -0.138. The van der Waals surface area contributed by atoms with Gasteiger partial charge in [-0.05, 0) is 43.9 Å². The molecule has 3 rings (SSSR count). The van der Waals surface area contributed by atoms with E-state index in [0.717, 1.165) is 11.8 Å². The zero-order valence-corrected chi connectivity index (χ0v) is 11.7. The highest BCUT2D eigenvalue weighted by molar-refractivity contribution is 5.79. The molecule has 0 heterocycles. The molecule has 0 N–H and O–H groups in total. The number of carbonyl (C=O) groups excluding carboxylic acids is 1. The van der Waals surface area contributed by atoms with Gasteiger partial charge in [0.2, 0.25) is 5.91 Å². The molecule has 3 saturated carbocycles. The fourth-order valence-corrected chi connectivity index (χ4v) is 4.63. The Bertz CT molecular complexity index is 306. The van der Waals surface area contributed by atoms with Gasteiger partial charge in [0.25, 0.3) is 0 Å². The SMILES string of the molecule is CN(C(=O)C1CC2CCC1C2)C1CCCCCC1. The highest BCUT2D eigenvalue weighted by Crippen LogP contribution is 2.49. The van der Waals surface area contributed by atoms with Crippen molar-refractivity contribution in [3.63, 3.8) is 0 Å². The minimum absolute atomic E-state index is 0.386. The first kappa shape index (κ1) is 12.5. The highest BCUT2D eigenvalue weighted by atomic mass is 16.2. The predicted octanol–water partition coefficient (Wildman–Crippen LogP) is 3.60. The maximum absolute atomic E-state index is 12.7. The molecular formula is C16H27NO. The molecule has 3 unspecified atom stereocenters. The first-order valence-electron chi connectivity index (χ1n) is 8.02. The minimum atomic E-state index is 0.386. The number of amides is 1. The third-order valence-corrected chi connectivity index (χ3v) is 5.78. The minimum Gasteiger partial charge on any atom is -0.343 e. The predicted molar refractivity (Wildman–Crippen MR) is 73.2 cm³/mol. The van der Waals surface area contributed by atoms with Gasteiger partial charge in [-0.1, -0.05) is 32.1 Å². The van der Waals surface area contributed by atoms with E-state index in [2.05, 4.69) is 11.9 Å². The van der Waals surface area contributed by atoms with Crippen molar-refractivity contribution in [2.24, 2.45) is 17.8 Å². The van der Waals surface area contributed by atoms with Crippen molar-refractivity contribution in [2.75, 3.05) is 7.05 Å². The van der Waals surface area contributed by atoms with Gasteiger partial charge in [-0.15, -0.1) is 0 Å². The maximum atomic E-state index is 12.7. The Morgan fingerprint density at radius 3 is 2.22 bits per heavy atom. The molecule has 1 amide bonds. The second-order valence-corrected chi connectivity index (χ2v) is 6.88. The van der Waals surface area contributed by atoms with Gasteiger partial charge in [0, 0.05) is 19.0 Å². The molecule has 0 aliphatic heterocycles. The van der Waals surface area contributed by atoms with Crippen molar-refractivity contribution in [3.05, 3.63) is 0 Å². The van der Waals surface area contributed by atoms with Crippen LogP contribution in [-0.2, 0) is 4.79 Å². The summed E-state index contributed by atoms with van der Waals surface area (Å²) in [4.78, 5) is 14.8. The normalized spacial score (nSPS) is 36.6. The number of hydrogen-bond acceptors (Lipinski definition) is 1. The Balaban J connectivity index is 1.61. The smallest absolute Gasteiger partial charge is 0.225 e. The quantitative estimate of drug-likeness (QED) is 0.685. The van der Waals surface area contributed by atoms with E-state index in [1.807, 2.05) is 0 Å². The van der Waals surface area contributed by atoms with Crippen molar-refractivity contribution in [1.29, 1.82) is 0 Å². The molecule has 0 saturated heterocycles. The van der Waals surface area contributed by atoms with E-state index in [-0.39, 0.29) is 0 Å². The van der Waals surface area contributed by atoms with E-state index in [0.29, 0.717) is 17.9 Å². The van der Waals surface area contributed by atoms with E-state index in [1.54, 1.807) is 0 Å². The largest absolute Gasteiger partial charge is 0.343 e. The molecule has 3 aliphatic rings. The van der Waals surface area contributed by atoms with Gasteiger partial charge in [-0.25, -0.2) is 0 Å². The van der Waals surface area contributed by atoms with E-state index in [9.17, 15) is 4.79 Å². The van der Waals surface area contributed by atoms with Crippen LogP contribution in [0.3, 0.4) is 0 Å². The molecule has 2 bridgehead atoms. The number of nitrogens with zero attached hydrogens (tertiary/aromatic N) is 1. The third kappa shape index (κ3) is 2.31. The zero-order valence-electron chi connectivity index (χ0n) is 11.7. The van der Waals surface area contributed by atoms with Crippen LogP contribution in [-0.4, -0.2) is 23.9 Å². The first-order valence-corrected chi connectivity index (χ1v) is 8.02. The average Bonchev–Trinajstić information content (AvgIpc) is 2.91. The summed E-state index contributed by atoms with van der Waals surface area (Å²) in [7, 11) is 2.07. The number of carbonyl (C=O) groups is 1. The third-order valence-electron chi connectivity index (χ3n) is 5.78. The Morgan fingerprint density at radius 1 is 0.944 bits per heavy atom. The molecule has 18 heavy (non-hydrogen) atoms. The molecule has 3 aliphatic carbocycles. The lowest BCUT2D eigenvalue weighted by Gasteiger charge is -2.32. The van der Waals surface area contributed by atoms with Gasteiger partial charge in [0.05, 0.1) is 0 Å². The lowest BCUT2D eigenvalue weighted by atomic mass is 9.87. The van der Waals surface area contributed by atoms with E-state index < -0.39 is 0 Å². The fraction of sp³-hybridized carbons (Fsp3) is 0.938. The Kier molecular flexibility index (Phi) is 3.63. The van der Waals surface area contributed by atoms with Gasteiger partial charge in [0.15, 0.2) is 0 Å². The second kappa shape index (κ2) is 5.22. The Morgan fingerprint density at radius 2 is 1.67 bits per heavy atom. The molecule has 0 aromatic rings. The van der Waals surface area contributed by atoms with Crippen LogP contribution in [0.5, 0.6) is 0 Å². The molecule has 2 heteroatoms. The van der Waals surface area contributed by atoms with E-state index in [1.165, 1.54) is 64.2 Å². The van der Waals surface area contributed by atoms with Crippen LogP contribution in [0.15, 0.2) is 0 Å². The standard InChI is InChI=1S/C16H27NO/c1-17(14-6-4-2-3-5-7-14)16(18)15-11-12-8-9-13(15)10-12/h12-15H,2-11H2,1H3. The molecule has 102 valence electrons. The van der Waals surface area contributed by atoms with Crippen LogP contribution in [0.1, 0.15) is 64.2 Å². The summed E-state index contributed by atoms with van der Waals surface area (Å²) >= 11 is 0. The summed E-state index contributed by atoms with van der Waals surface area (Å²) < 4.78 is 0. The van der Waals surface area contributed by atoms with Crippen LogP contribution in [0.2, 0.25) is 0 Å². The highest BCUT2D eigenvalue weighted by Gasteiger charge is 2.44. The van der Waals surface area contributed by atoms with E-state index >= 15 is 0 Å². The summed E-state index contributed by atoms with van der Waals surface area (Å²) in [5, 5.41) is 0. The summed E-state index contributed by atoms with van der Waals surface area (Å²) in [5.74, 6) is 2.48. The molecule has 0 aromatic heterocycles. The molecule has 0 spiro atoms.